The van der Waals surface area contributed by atoms with Gasteiger partial charge in [-0.1, -0.05) is 17.3 Å². The van der Waals surface area contributed by atoms with Crippen LogP contribution in [0, 0.1) is 0 Å². The van der Waals surface area contributed by atoms with Gasteiger partial charge in [-0.2, -0.15) is 5.21 Å². The number of nitrogens with zero attached hydrogens (tertiary/aromatic N) is 3. The van der Waals surface area contributed by atoms with Gasteiger partial charge in [-0.3, -0.25) is 4.79 Å². The van der Waals surface area contributed by atoms with Crippen molar-refractivity contribution in [3.63, 3.8) is 0 Å². The third-order valence-electron chi connectivity index (χ3n) is 3.31. The molecule has 3 aromatic rings. The molecule has 0 saturated carbocycles. The molecule has 8 heteroatoms. The van der Waals surface area contributed by atoms with Gasteiger partial charge in [-0.15, -0.1) is 21.5 Å². The van der Waals surface area contributed by atoms with Crippen molar-refractivity contribution in [3.05, 3.63) is 52.5 Å². The zero-order valence-corrected chi connectivity index (χ0v) is 13.2. The number of amides is 1. The van der Waals surface area contributed by atoms with Crippen LogP contribution in [-0.2, 0) is 11.2 Å². The Morgan fingerprint density at radius 2 is 2.30 bits per heavy atom. The highest BCUT2D eigenvalue weighted by atomic mass is 32.1. The van der Waals surface area contributed by atoms with Crippen molar-refractivity contribution in [1.82, 2.24) is 20.6 Å². The Balaban J connectivity index is 1.79. The Morgan fingerprint density at radius 3 is 3.00 bits per heavy atom. The third kappa shape index (κ3) is 3.72. The number of nitrogens with one attached hydrogen (secondary N) is 2. The molecule has 118 valence electrons. The Hall–Kier alpha value is -2.74. The van der Waals surface area contributed by atoms with Crippen LogP contribution in [0.3, 0.4) is 0 Å². The number of methoxy groups -OCH3 is 1. The Morgan fingerprint density at radius 1 is 1.39 bits per heavy atom. The van der Waals surface area contributed by atoms with E-state index in [0.29, 0.717) is 23.7 Å². The lowest BCUT2D eigenvalue weighted by atomic mass is 10.0. The summed E-state index contributed by atoms with van der Waals surface area (Å²) in [6.45, 7) is 0. The van der Waals surface area contributed by atoms with Crippen LogP contribution in [0.5, 0.6) is 5.75 Å². The fraction of sp³-hybridized carbons (Fsp3) is 0.200. The molecule has 1 amide bonds. The number of carbonyl (C=O) groups excluding carboxylic acids is 1. The lowest BCUT2D eigenvalue weighted by molar-refractivity contribution is -0.117. The van der Waals surface area contributed by atoms with Crippen molar-refractivity contribution < 1.29 is 9.53 Å². The summed E-state index contributed by atoms with van der Waals surface area (Å²) in [5.41, 5.74) is 0.661. The van der Waals surface area contributed by atoms with Gasteiger partial charge in [0.25, 0.3) is 0 Å². The fourth-order valence-corrected chi connectivity index (χ4v) is 2.93. The second-order valence-electron chi connectivity index (χ2n) is 4.83. The van der Waals surface area contributed by atoms with Gasteiger partial charge >= 0.3 is 0 Å². The average molecular weight is 329 g/mol. The van der Waals surface area contributed by atoms with Crippen molar-refractivity contribution in [2.45, 2.75) is 12.3 Å². The zero-order chi connectivity index (χ0) is 16.1. The lowest BCUT2D eigenvalue weighted by Gasteiger charge is -2.13. The predicted octanol–water partition coefficient (Wildman–Crippen LogP) is 2.23. The van der Waals surface area contributed by atoms with Crippen molar-refractivity contribution >= 4 is 22.9 Å². The summed E-state index contributed by atoms with van der Waals surface area (Å²) in [6, 6.07) is 11.1. The quantitative estimate of drug-likeness (QED) is 0.723. The molecule has 2 heterocycles. The summed E-state index contributed by atoms with van der Waals surface area (Å²) in [5.74, 6) is 0.350. The van der Waals surface area contributed by atoms with E-state index >= 15 is 0 Å². The van der Waals surface area contributed by atoms with Crippen LogP contribution in [-0.4, -0.2) is 33.6 Å². The standard InChI is InChI=1S/C15H15N5O2S/c1-22-11-5-2-4-10(8-11)16-15(21)13(14-17-19-20-18-14)9-12-6-3-7-23-12/h2-8,13H,9H2,1H3,(H,16,21)(H,17,18,19,20)/t13-/m1/s1. The zero-order valence-electron chi connectivity index (χ0n) is 12.4. The number of hydrogen-bond donors (Lipinski definition) is 2. The van der Waals surface area contributed by atoms with Crippen LogP contribution in [0.1, 0.15) is 16.6 Å². The second kappa shape index (κ2) is 7.01. The molecule has 0 radical (unpaired) electrons. The van der Waals surface area contributed by atoms with E-state index in [1.54, 1.807) is 30.6 Å². The molecule has 0 unspecified atom stereocenters. The minimum absolute atomic E-state index is 0.187. The highest BCUT2D eigenvalue weighted by molar-refractivity contribution is 7.09. The summed E-state index contributed by atoms with van der Waals surface area (Å²) in [6.07, 6.45) is 0.521. The van der Waals surface area contributed by atoms with Gasteiger partial charge < -0.3 is 10.1 Å². The molecule has 7 nitrogen and oxygen atoms in total. The van der Waals surface area contributed by atoms with E-state index < -0.39 is 5.92 Å². The molecule has 1 aromatic carbocycles. The third-order valence-corrected chi connectivity index (χ3v) is 4.21. The summed E-state index contributed by atoms with van der Waals surface area (Å²) in [5, 5.41) is 18.7. The van der Waals surface area contributed by atoms with Crippen molar-refractivity contribution in [3.8, 4) is 5.75 Å². The fourth-order valence-electron chi connectivity index (χ4n) is 2.18. The number of anilines is 1. The molecule has 0 fully saturated rings. The van der Waals surface area contributed by atoms with Crippen LogP contribution >= 0.6 is 11.3 Å². The molecule has 1 atom stereocenters. The van der Waals surface area contributed by atoms with E-state index in [-0.39, 0.29) is 5.91 Å². The number of rotatable bonds is 6. The van der Waals surface area contributed by atoms with Gasteiger partial charge in [-0.25, -0.2) is 0 Å². The van der Waals surface area contributed by atoms with Crippen molar-refractivity contribution in [2.75, 3.05) is 12.4 Å². The molecule has 2 N–H and O–H groups in total. The van der Waals surface area contributed by atoms with E-state index in [2.05, 4.69) is 25.9 Å². The molecule has 0 aliphatic carbocycles. The maximum absolute atomic E-state index is 12.7. The first kappa shape index (κ1) is 15.2. The molecule has 3 rings (SSSR count). The number of aromatic amines is 1. The van der Waals surface area contributed by atoms with E-state index in [4.69, 9.17) is 4.74 Å². The van der Waals surface area contributed by atoms with Gasteiger partial charge in [0.15, 0.2) is 5.82 Å². The molecule has 0 saturated heterocycles. The Bertz CT molecular complexity index is 758. The summed E-state index contributed by atoms with van der Waals surface area (Å²) >= 11 is 1.59. The van der Waals surface area contributed by atoms with Gasteiger partial charge in [0.2, 0.25) is 5.91 Å². The summed E-state index contributed by atoms with van der Waals surface area (Å²) < 4.78 is 5.17. The first-order valence-electron chi connectivity index (χ1n) is 6.97. The number of ether oxygens (including phenoxy) is 1. The second-order valence-corrected chi connectivity index (χ2v) is 5.86. The average Bonchev–Trinajstić information content (AvgIpc) is 3.26. The smallest absolute Gasteiger partial charge is 0.235 e. The predicted molar refractivity (Wildman–Crippen MR) is 86.6 cm³/mol. The highest BCUT2D eigenvalue weighted by Crippen LogP contribution is 2.23. The maximum atomic E-state index is 12.7. The topological polar surface area (TPSA) is 92.8 Å². The Kier molecular flexibility index (Phi) is 4.62. The molecule has 0 spiro atoms. The van der Waals surface area contributed by atoms with Gasteiger partial charge in [0.1, 0.15) is 11.7 Å². The molecule has 2 aromatic heterocycles. The number of aromatic nitrogens is 4. The van der Waals surface area contributed by atoms with Crippen LogP contribution in [0.15, 0.2) is 41.8 Å². The number of H-pyrrole nitrogens is 1. The monoisotopic (exact) mass is 329 g/mol. The number of hydrogen-bond acceptors (Lipinski definition) is 6. The minimum atomic E-state index is -0.515. The van der Waals surface area contributed by atoms with E-state index in [1.165, 1.54) is 0 Å². The van der Waals surface area contributed by atoms with Gasteiger partial charge in [0.05, 0.1) is 7.11 Å². The molecule has 0 aliphatic rings. The highest BCUT2D eigenvalue weighted by Gasteiger charge is 2.25. The number of tetrazole rings is 1. The van der Waals surface area contributed by atoms with Crippen LogP contribution in [0.2, 0.25) is 0 Å². The molecular formula is C15H15N5O2S. The van der Waals surface area contributed by atoms with Gasteiger partial charge in [0, 0.05) is 23.1 Å². The Labute approximate surface area is 136 Å². The van der Waals surface area contributed by atoms with Crippen molar-refractivity contribution in [1.29, 1.82) is 0 Å². The van der Waals surface area contributed by atoms with Crippen LogP contribution in [0.4, 0.5) is 5.69 Å². The number of carbonyl (C=O) groups is 1. The van der Waals surface area contributed by atoms with Crippen LogP contribution in [0.25, 0.3) is 0 Å². The lowest BCUT2D eigenvalue weighted by Crippen LogP contribution is -2.24. The first-order valence-corrected chi connectivity index (χ1v) is 7.85. The van der Waals surface area contributed by atoms with Gasteiger partial charge in [-0.05, 0) is 23.6 Å². The minimum Gasteiger partial charge on any atom is -0.497 e. The summed E-state index contributed by atoms with van der Waals surface area (Å²) in [4.78, 5) is 13.8. The molecule has 0 aliphatic heterocycles. The molecule has 23 heavy (non-hydrogen) atoms. The number of thiophene rings is 1. The van der Waals surface area contributed by atoms with Crippen LogP contribution < -0.4 is 10.1 Å². The molecule has 0 bridgehead atoms. The van der Waals surface area contributed by atoms with E-state index in [0.717, 1.165) is 4.88 Å². The largest absolute Gasteiger partial charge is 0.497 e. The SMILES string of the molecule is COc1cccc(NC(=O)[C@H](Cc2cccs2)c2nn[nH]n2)c1. The normalized spacial score (nSPS) is 11.9. The van der Waals surface area contributed by atoms with E-state index in [1.807, 2.05) is 29.6 Å². The first-order chi connectivity index (χ1) is 11.3. The summed E-state index contributed by atoms with van der Waals surface area (Å²) in [7, 11) is 1.58. The van der Waals surface area contributed by atoms with Crippen molar-refractivity contribution in [2.24, 2.45) is 0 Å². The van der Waals surface area contributed by atoms with E-state index in [9.17, 15) is 4.79 Å². The molecular weight excluding hydrogens is 314 g/mol. The number of benzene rings is 1. The maximum Gasteiger partial charge on any atom is 0.235 e.